The van der Waals surface area contributed by atoms with E-state index in [1.807, 2.05) is 0 Å². The lowest BCUT2D eigenvalue weighted by atomic mass is 10.1. The highest BCUT2D eigenvalue weighted by atomic mass is 35.5. The Morgan fingerprint density at radius 1 is 1.15 bits per heavy atom. The lowest BCUT2D eigenvalue weighted by Gasteiger charge is -2.15. The summed E-state index contributed by atoms with van der Waals surface area (Å²) in [6.07, 6.45) is -0.845. The number of aliphatic hydroxyl groups is 1. The number of aliphatic hydroxyl groups excluding tert-OH is 1. The molecule has 0 radical (unpaired) electrons. The van der Waals surface area contributed by atoms with Crippen LogP contribution in [-0.4, -0.2) is 5.11 Å². The van der Waals surface area contributed by atoms with E-state index in [1.54, 1.807) is 38.1 Å². The summed E-state index contributed by atoms with van der Waals surface area (Å²) in [5.74, 6) is 0.465. The number of rotatable bonds is 3. The molecular weight excluding hydrogens is 302 g/mol. The van der Waals surface area contributed by atoms with Crippen LogP contribution in [0.15, 0.2) is 30.3 Å². The molecule has 0 amide bonds. The fraction of sp³-hybridized carbons (Fsp3) is 0.200. The molecule has 2 aromatic rings. The number of halogens is 3. The Bertz CT molecular complexity index is 642. The highest BCUT2D eigenvalue weighted by Crippen LogP contribution is 2.34. The molecule has 2 rings (SSSR count). The van der Waals surface area contributed by atoms with Crippen LogP contribution in [0.5, 0.6) is 11.5 Å². The molecule has 0 aromatic heterocycles. The SMILES string of the molecule is Cc1cc(Oc2ccc(Cl)c(Cl)c2)c([C@H](C)O)cc1F. The van der Waals surface area contributed by atoms with Gasteiger partial charge in [0, 0.05) is 11.6 Å². The van der Waals surface area contributed by atoms with Crippen LogP contribution in [0.4, 0.5) is 4.39 Å². The average Bonchev–Trinajstić information content (AvgIpc) is 2.37. The van der Waals surface area contributed by atoms with E-state index in [2.05, 4.69) is 0 Å². The Labute approximate surface area is 126 Å². The van der Waals surface area contributed by atoms with Crippen LogP contribution in [-0.2, 0) is 0 Å². The second-order valence-electron chi connectivity index (χ2n) is 4.49. The van der Waals surface area contributed by atoms with Crippen LogP contribution in [0.1, 0.15) is 24.2 Å². The lowest BCUT2D eigenvalue weighted by molar-refractivity contribution is 0.195. The molecule has 0 aliphatic rings. The van der Waals surface area contributed by atoms with Crippen molar-refractivity contribution in [3.63, 3.8) is 0 Å². The van der Waals surface area contributed by atoms with Gasteiger partial charge in [0.15, 0.2) is 0 Å². The van der Waals surface area contributed by atoms with Gasteiger partial charge in [-0.2, -0.15) is 0 Å². The number of hydrogen-bond acceptors (Lipinski definition) is 2. The maximum absolute atomic E-state index is 13.6. The van der Waals surface area contributed by atoms with Crippen LogP contribution < -0.4 is 4.74 Å². The molecule has 0 saturated carbocycles. The maximum Gasteiger partial charge on any atom is 0.133 e. The number of aryl methyl sites for hydroxylation is 1. The molecule has 1 atom stereocenters. The van der Waals surface area contributed by atoms with Gasteiger partial charge in [-0.25, -0.2) is 4.39 Å². The van der Waals surface area contributed by atoms with Crippen LogP contribution in [0.2, 0.25) is 10.0 Å². The highest BCUT2D eigenvalue weighted by molar-refractivity contribution is 6.42. The van der Waals surface area contributed by atoms with Gasteiger partial charge in [0.2, 0.25) is 0 Å². The van der Waals surface area contributed by atoms with Crippen LogP contribution in [0, 0.1) is 12.7 Å². The van der Waals surface area contributed by atoms with Crippen molar-refractivity contribution in [2.75, 3.05) is 0 Å². The van der Waals surface area contributed by atoms with Crippen molar-refractivity contribution in [2.45, 2.75) is 20.0 Å². The molecule has 0 bridgehead atoms. The first-order valence-corrected chi connectivity index (χ1v) is 6.75. The topological polar surface area (TPSA) is 29.5 Å². The van der Waals surface area contributed by atoms with E-state index in [9.17, 15) is 9.50 Å². The standard InChI is InChI=1S/C15H13Cl2FO2/c1-8-5-15(11(9(2)19)7-14(8)18)20-10-3-4-12(16)13(17)6-10/h3-7,9,19H,1-2H3/t9-/m0/s1. The van der Waals surface area contributed by atoms with Crippen molar-refractivity contribution in [3.8, 4) is 11.5 Å². The minimum atomic E-state index is -0.845. The molecule has 20 heavy (non-hydrogen) atoms. The molecule has 0 spiro atoms. The van der Waals surface area contributed by atoms with Crippen LogP contribution in [0.25, 0.3) is 0 Å². The molecule has 2 nitrogen and oxygen atoms in total. The van der Waals surface area contributed by atoms with Gasteiger partial charge >= 0.3 is 0 Å². The predicted molar refractivity (Wildman–Crippen MR) is 78.3 cm³/mol. The Hall–Kier alpha value is -1.29. The first kappa shape index (κ1) is 15.1. The Kier molecular flexibility index (Phi) is 4.53. The summed E-state index contributed by atoms with van der Waals surface area (Å²) in [4.78, 5) is 0. The summed E-state index contributed by atoms with van der Waals surface area (Å²) in [5, 5.41) is 10.5. The van der Waals surface area contributed by atoms with Crippen molar-refractivity contribution >= 4 is 23.2 Å². The normalized spacial score (nSPS) is 12.3. The maximum atomic E-state index is 13.6. The van der Waals surface area contributed by atoms with Crippen molar-refractivity contribution in [2.24, 2.45) is 0 Å². The number of ether oxygens (including phenoxy) is 1. The van der Waals surface area contributed by atoms with Gasteiger partial charge in [-0.3, -0.25) is 0 Å². The zero-order chi connectivity index (χ0) is 14.9. The Morgan fingerprint density at radius 2 is 1.85 bits per heavy atom. The zero-order valence-corrected chi connectivity index (χ0v) is 12.5. The molecule has 2 aromatic carbocycles. The van der Waals surface area contributed by atoms with E-state index in [1.165, 1.54) is 6.07 Å². The van der Waals surface area contributed by atoms with E-state index >= 15 is 0 Å². The first-order valence-electron chi connectivity index (χ1n) is 5.99. The summed E-state index contributed by atoms with van der Waals surface area (Å²) in [7, 11) is 0. The van der Waals surface area contributed by atoms with E-state index in [0.29, 0.717) is 32.7 Å². The lowest BCUT2D eigenvalue weighted by Crippen LogP contribution is -1.99. The van der Waals surface area contributed by atoms with Crippen molar-refractivity contribution < 1.29 is 14.2 Å². The summed E-state index contributed by atoms with van der Waals surface area (Å²) in [6, 6.07) is 7.64. The van der Waals surface area contributed by atoms with Crippen molar-refractivity contribution in [1.29, 1.82) is 0 Å². The Balaban J connectivity index is 2.41. The fourth-order valence-corrected chi connectivity index (χ4v) is 2.04. The molecular formula is C15H13Cl2FO2. The van der Waals surface area contributed by atoms with E-state index in [0.717, 1.165) is 0 Å². The molecule has 106 valence electrons. The second kappa shape index (κ2) is 6.00. The summed E-state index contributed by atoms with van der Waals surface area (Å²) in [6.45, 7) is 3.18. The molecule has 1 N–H and O–H groups in total. The van der Waals surface area contributed by atoms with E-state index < -0.39 is 6.10 Å². The van der Waals surface area contributed by atoms with Crippen LogP contribution >= 0.6 is 23.2 Å². The third kappa shape index (κ3) is 3.23. The highest BCUT2D eigenvalue weighted by Gasteiger charge is 2.14. The second-order valence-corrected chi connectivity index (χ2v) is 5.31. The number of hydrogen-bond donors (Lipinski definition) is 1. The van der Waals surface area contributed by atoms with Crippen LogP contribution in [0.3, 0.4) is 0 Å². The number of benzene rings is 2. The third-order valence-electron chi connectivity index (χ3n) is 2.86. The average molecular weight is 315 g/mol. The molecule has 5 heteroatoms. The van der Waals surface area contributed by atoms with Crippen molar-refractivity contribution in [1.82, 2.24) is 0 Å². The Morgan fingerprint density at radius 3 is 2.45 bits per heavy atom. The molecule has 0 aliphatic carbocycles. The smallest absolute Gasteiger partial charge is 0.133 e. The van der Waals surface area contributed by atoms with Gasteiger partial charge in [0.25, 0.3) is 0 Å². The van der Waals surface area contributed by atoms with E-state index in [-0.39, 0.29) is 5.82 Å². The van der Waals surface area contributed by atoms with Gasteiger partial charge < -0.3 is 9.84 Å². The summed E-state index contributed by atoms with van der Waals surface area (Å²) in [5.41, 5.74) is 0.809. The molecule has 0 aliphatic heterocycles. The quantitative estimate of drug-likeness (QED) is 0.834. The molecule has 0 unspecified atom stereocenters. The fourth-order valence-electron chi connectivity index (χ4n) is 1.75. The zero-order valence-electron chi connectivity index (χ0n) is 11.0. The van der Waals surface area contributed by atoms with Gasteiger partial charge in [-0.05, 0) is 43.7 Å². The minimum Gasteiger partial charge on any atom is -0.457 e. The minimum absolute atomic E-state index is 0.363. The summed E-state index contributed by atoms with van der Waals surface area (Å²) >= 11 is 11.8. The van der Waals surface area contributed by atoms with Crippen molar-refractivity contribution in [3.05, 3.63) is 57.3 Å². The predicted octanol–water partition coefficient (Wildman–Crippen LogP) is 5.29. The van der Waals surface area contributed by atoms with Gasteiger partial charge in [-0.15, -0.1) is 0 Å². The molecule has 0 heterocycles. The molecule has 0 saturated heterocycles. The monoisotopic (exact) mass is 314 g/mol. The first-order chi connectivity index (χ1) is 9.38. The van der Waals surface area contributed by atoms with Gasteiger partial charge in [0.1, 0.15) is 17.3 Å². The largest absolute Gasteiger partial charge is 0.457 e. The van der Waals surface area contributed by atoms with E-state index in [4.69, 9.17) is 27.9 Å². The molecule has 0 fully saturated rings. The van der Waals surface area contributed by atoms with Gasteiger partial charge in [0.05, 0.1) is 16.1 Å². The summed E-state index contributed by atoms with van der Waals surface area (Å²) < 4.78 is 19.2. The van der Waals surface area contributed by atoms with Gasteiger partial charge in [-0.1, -0.05) is 23.2 Å². The third-order valence-corrected chi connectivity index (χ3v) is 3.60.